The summed E-state index contributed by atoms with van der Waals surface area (Å²) in [4.78, 5) is 16.6. The summed E-state index contributed by atoms with van der Waals surface area (Å²) in [5.74, 6) is -0.0988. The van der Waals surface area contributed by atoms with Gasteiger partial charge in [-0.3, -0.25) is 4.79 Å². The van der Waals surface area contributed by atoms with Gasteiger partial charge in [-0.1, -0.05) is 36.0 Å². The number of benzene rings is 2. The average Bonchev–Trinajstić information content (AvgIpc) is 2.98. The highest BCUT2D eigenvalue weighted by Crippen LogP contribution is 2.31. The van der Waals surface area contributed by atoms with Crippen molar-refractivity contribution in [1.82, 2.24) is 10.4 Å². The van der Waals surface area contributed by atoms with Crippen LogP contribution in [-0.2, 0) is 4.79 Å². The Morgan fingerprint density at radius 3 is 2.83 bits per heavy atom. The van der Waals surface area contributed by atoms with Crippen molar-refractivity contribution >= 4 is 45.4 Å². The number of thiazole rings is 1. The zero-order chi connectivity index (χ0) is 16.9. The van der Waals surface area contributed by atoms with E-state index in [0.29, 0.717) is 5.56 Å². The van der Waals surface area contributed by atoms with Crippen LogP contribution in [0.15, 0.2) is 58.0 Å². The van der Waals surface area contributed by atoms with Crippen molar-refractivity contribution in [3.05, 3.63) is 54.1 Å². The first-order chi connectivity index (χ1) is 11.6. The number of hydrazone groups is 1. The molecule has 2 N–H and O–H groups in total. The standard InChI is InChI=1S/C17H15N3O2S2/c1-11(23-17-19-13-7-3-5-9-15(13)24-17)16(22)20-18-10-12-6-2-4-8-14(12)21/h2-11,21H,1H3,(H,20,22). The van der Waals surface area contributed by atoms with E-state index in [2.05, 4.69) is 15.5 Å². The zero-order valence-electron chi connectivity index (χ0n) is 12.8. The molecule has 0 fully saturated rings. The second-order valence-electron chi connectivity index (χ2n) is 5.00. The van der Waals surface area contributed by atoms with E-state index in [1.807, 2.05) is 31.2 Å². The minimum Gasteiger partial charge on any atom is -0.507 e. The van der Waals surface area contributed by atoms with Gasteiger partial charge in [0, 0.05) is 5.56 Å². The third-order valence-corrected chi connectivity index (χ3v) is 5.47. The van der Waals surface area contributed by atoms with E-state index in [-0.39, 0.29) is 16.9 Å². The summed E-state index contributed by atoms with van der Waals surface area (Å²) in [6.45, 7) is 1.81. The number of aromatic hydroxyl groups is 1. The molecule has 0 aliphatic heterocycles. The van der Waals surface area contributed by atoms with Gasteiger partial charge in [0.25, 0.3) is 5.91 Å². The molecule has 5 nitrogen and oxygen atoms in total. The molecule has 0 aliphatic rings. The highest BCUT2D eigenvalue weighted by atomic mass is 32.2. The molecule has 24 heavy (non-hydrogen) atoms. The number of rotatable bonds is 5. The van der Waals surface area contributed by atoms with Gasteiger partial charge in [0.2, 0.25) is 0 Å². The molecule has 0 saturated carbocycles. The highest BCUT2D eigenvalue weighted by Gasteiger charge is 2.16. The number of thioether (sulfide) groups is 1. The molecule has 0 aliphatic carbocycles. The smallest absolute Gasteiger partial charge is 0.253 e. The molecule has 1 atom stereocenters. The van der Waals surface area contributed by atoms with Crippen molar-refractivity contribution in [2.75, 3.05) is 0 Å². The normalized spacial score (nSPS) is 12.5. The predicted molar refractivity (Wildman–Crippen MR) is 98.8 cm³/mol. The Labute approximate surface area is 147 Å². The predicted octanol–water partition coefficient (Wildman–Crippen LogP) is 3.63. The van der Waals surface area contributed by atoms with Gasteiger partial charge in [0.05, 0.1) is 21.7 Å². The summed E-state index contributed by atoms with van der Waals surface area (Å²) in [6, 6.07) is 14.7. The zero-order valence-corrected chi connectivity index (χ0v) is 14.5. The second-order valence-corrected chi connectivity index (χ2v) is 7.62. The summed E-state index contributed by atoms with van der Waals surface area (Å²) in [5, 5.41) is 13.2. The number of para-hydroxylation sites is 2. The largest absolute Gasteiger partial charge is 0.507 e. The van der Waals surface area contributed by atoms with Crippen LogP contribution in [0.2, 0.25) is 0 Å². The van der Waals surface area contributed by atoms with Crippen LogP contribution in [0.4, 0.5) is 0 Å². The second kappa shape index (κ2) is 7.46. The quantitative estimate of drug-likeness (QED) is 0.415. The maximum absolute atomic E-state index is 12.1. The van der Waals surface area contributed by atoms with Gasteiger partial charge < -0.3 is 5.11 Å². The summed E-state index contributed by atoms with van der Waals surface area (Å²) >= 11 is 2.96. The van der Waals surface area contributed by atoms with Gasteiger partial charge in [-0.2, -0.15) is 5.10 Å². The topological polar surface area (TPSA) is 74.6 Å². The van der Waals surface area contributed by atoms with E-state index in [1.54, 1.807) is 35.6 Å². The van der Waals surface area contributed by atoms with Crippen molar-refractivity contribution in [2.24, 2.45) is 5.10 Å². The first-order valence-electron chi connectivity index (χ1n) is 7.26. The number of phenolic OH excluding ortho intramolecular Hbond substituents is 1. The summed E-state index contributed by atoms with van der Waals surface area (Å²) in [7, 11) is 0. The van der Waals surface area contributed by atoms with Crippen LogP contribution in [-0.4, -0.2) is 27.5 Å². The Bertz CT molecular complexity index is 859. The third-order valence-electron chi connectivity index (χ3n) is 3.24. The van der Waals surface area contributed by atoms with Crippen LogP contribution < -0.4 is 5.43 Å². The number of phenols is 1. The molecule has 1 aromatic heterocycles. The Hall–Kier alpha value is -2.38. The lowest BCUT2D eigenvalue weighted by molar-refractivity contribution is -0.120. The van der Waals surface area contributed by atoms with Gasteiger partial charge in [-0.05, 0) is 31.2 Å². The van der Waals surface area contributed by atoms with Crippen molar-refractivity contribution in [2.45, 2.75) is 16.5 Å². The number of hydrogen-bond donors (Lipinski definition) is 2. The number of hydrogen-bond acceptors (Lipinski definition) is 6. The number of aromatic nitrogens is 1. The van der Waals surface area contributed by atoms with Gasteiger partial charge in [0.15, 0.2) is 4.34 Å². The molecular weight excluding hydrogens is 342 g/mol. The molecule has 122 valence electrons. The average molecular weight is 357 g/mol. The molecule has 3 aromatic rings. The molecule has 0 saturated heterocycles. The molecule has 1 amide bonds. The molecule has 1 unspecified atom stereocenters. The molecule has 1 heterocycles. The minimum absolute atomic E-state index is 0.118. The van der Waals surface area contributed by atoms with Crippen LogP contribution in [0.5, 0.6) is 5.75 Å². The Kier molecular flexibility index (Phi) is 5.12. The van der Waals surface area contributed by atoms with E-state index >= 15 is 0 Å². The van der Waals surface area contributed by atoms with E-state index in [0.717, 1.165) is 14.6 Å². The van der Waals surface area contributed by atoms with Gasteiger partial charge in [-0.25, -0.2) is 10.4 Å². The van der Waals surface area contributed by atoms with Gasteiger partial charge in [-0.15, -0.1) is 11.3 Å². The van der Waals surface area contributed by atoms with Gasteiger partial charge in [0.1, 0.15) is 5.75 Å². The molecule has 0 spiro atoms. The molecule has 0 bridgehead atoms. The number of nitrogens with zero attached hydrogens (tertiary/aromatic N) is 2. The van der Waals surface area contributed by atoms with Crippen molar-refractivity contribution in [3.8, 4) is 5.75 Å². The summed E-state index contributed by atoms with van der Waals surface area (Å²) in [5.41, 5.74) is 3.97. The minimum atomic E-state index is -0.327. The fourth-order valence-electron chi connectivity index (χ4n) is 1.96. The van der Waals surface area contributed by atoms with Crippen molar-refractivity contribution in [1.29, 1.82) is 0 Å². The fourth-order valence-corrected chi connectivity index (χ4v) is 4.16. The Morgan fingerprint density at radius 1 is 1.29 bits per heavy atom. The number of amides is 1. The van der Waals surface area contributed by atoms with Crippen LogP contribution in [0.25, 0.3) is 10.2 Å². The van der Waals surface area contributed by atoms with Crippen molar-refractivity contribution in [3.63, 3.8) is 0 Å². The molecule has 7 heteroatoms. The molecule has 0 radical (unpaired) electrons. The number of carbonyl (C=O) groups is 1. The van der Waals surface area contributed by atoms with E-state index in [9.17, 15) is 9.90 Å². The lowest BCUT2D eigenvalue weighted by Gasteiger charge is -2.06. The summed E-state index contributed by atoms with van der Waals surface area (Å²) < 4.78 is 1.95. The maximum atomic E-state index is 12.1. The highest BCUT2D eigenvalue weighted by molar-refractivity contribution is 8.02. The third kappa shape index (κ3) is 3.93. The van der Waals surface area contributed by atoms with Crippen LogP contribution in [0, 0.1) is 0 Å². The number of carbonyl (C=O) groups excluding carboxylic acids is 1. The Balaban J connectivity index is 1.59. The van der Waals surface area contributed by atoms with Crippen LogP contribution in [0.3, 0.4) is 0 Å². The first kappa shape index (κ1) is 16.5. The number of fused-ring (bicyclic) bond motifs is 1. The van der Waals surface area contributed by atoms with Crippen LogP contribution >= 0.6 is 23.1 Å². The molecule has 2 aromatic carbocycles. The van der Waals surface area contributed by atoms with E-state index in [1.165, 1.54) is 18.0 Å². The lowest BCUT2D eigenvalue weighted by Crippen LogP contribution is -2.26. The summed E-state index contributed by atoms with van der Waals surface area (Å²) in [6.07, 6.45) is 1.42. The fraction of sp³-hybridized carbons (Fsp3) is 0.118. The lowest BCUT2D eigenvalue weighted by atomic mass is 10.2. The SMILES string of the molecule is CC(Sc1nc2ccccc2s1)C(=O)NN=Cc1ccccc1O. The van der Waals surface area contributed by atoms with Crippen molar-refractivity contribution < 1.29 is 9.90 Å². The van der Waals surface area contributed by atoms with E-state index in [4.69, 9.17) is 0 Å². The Morgan fingerprint density at radius 2 is 2.04 bits per heavy atom. The van der Waals surface area contributed by atoms with Gasteiger partial charge >= 0.3 is 0 Å². The maximum Gasteiger partial charge on any atom is 0.253 e. The molecular formula is C17H15N3O2S2. The van der Waals surface area contributed by atoms with Crippen LogP contribution in [0.1, 0.15) is 12.5 Å². The van der Waals surface area contributed by atoms with E-state index < -0.39 is 0 Å². The number of nitrogens with one attached hydrogen (secondary N) is 1. The first-order valence-corrected chi connectivity index (χ1v) is 8.96. The molecule has 3 rings (SSSR count). The monoisotopic (exact) mass is 357 g/mol.